The lowest BCUT2D eigenvalue weighted by molar-refractivity contribution is -0.120. The molecule has 2 rings (SSSR count). The number of amides is 1. The first-order chi connectivity index (χ1) is 13.3. The van der Waals surface area contributed by atoms with Gasteiger partial charge in [-0.2, -0.15) is 8.78 Å². The van der Waals surface area contributed by atoms with E-state index in [1.807, 2.05) is 0 Å². The molecule has 152 valence electrons. The molecule has 2 aromatic carbocycles. The highest BCUT2D eigenvalue weighted by molar-refractivity contribution is 5.78. The van der Waals surface area contributed by atoms with E-state index in [1.165, 1.54) is 31.4 Å². The van der Waals surface area contributed by atoms with Crippen molar-refractivity contribution in [1.29, 1.82) is 0 Å². The summed E-state index contributed by atoms with van der Waals surface area (Å²) >= 11 is 0. The number of carbonyl (C=O) groups is 1. The van der Waals surface area contributed by atoms with Crippen LogP contribution >= 0.6 is 0 Å². The number of hydrogen-bond acceptors (Lipinski definition) is 4. The number of rotatable bonds is 9. The third kappa shape index (κ3) is 6.12. The molecule has 2 N–H and O–H groups in total. The van der Waals surface area contributed by atoms with Gasteiger partial charge in [-0.15, -0.1) is 0 Å². The quantitative estimate of drug-likeness (QED) is 0.633. The molecule has 0 saturated carbocycles. The van der Waals surface area contributed by atoms with Gasteiger partial charge in [0.15, 0.2) is 11.5 Å². The van der Waals surface area contributed by atoms with Crippen molar-refractivity contribution in [1.82, 2.24) is 10.6 Å². The van der Waals surface area contributed by atoms with Gasteiger partial charge < -0.3 is 20.1 Å². The standard InChI is InChI=1S/C19H20F4N2O3/c1-11(14-5-4-13(20)8-15(14)21)24-10-18(26)25-9-12-3-6-16(28-19(22)23)17(7-12)27-2/h3-8,11,19,24H,9-10H2,1-2H3,(H,25,26)/t11-/m1/s1. The molecule has 2 aromatic rings. The third-order valence-electron chi connectivity index (χ3n) is 3.93. The van der Waals surface area contributed by atoms with Crippen molar-refractivity contribution >= 4 is 5.91 Å². The summed E-state index contributed by atoms with van der Waals surface area (Å²) in [5.74, 6) is -1.72. The summed E-state index contributed by atoms with van der Waals surface area (Å²) in [6.45, 7) is -1.29. The maximum Gasteiger partial charge on any atom is 0.387 e. The molecule has 0 aliphatic heterocycles. The van der Waals surface area contributed by atoms with Crippen LogP contribution in [-0.4, -0.2) is 26.2 Å². The zero-order valence-corrected chi connectivity index (χ0v) is 15.3. The van der Waals surface area contributed by atoms with Crippen LogP contribution in [0.4, 0.5) is 17.6 Å². The molecule has 5 nitrogen and oxygen atoms in total. The second-order valence-electron chi connectivity index (χ2n) is 5.91. The van der Waals surface area contributed by atoms with Crippen molar-refractivity contribution in [2.45, 2.75) is 26.1 Å². The van der Waals surface area contributed by atoms with Crippen LogP contribution < -0.4 is 20.1 Å². The molecule has 0 aliphatic rings. The number of benzene rings is 2. The maximum absolute atomic E-state index is 13.7. The van der Waals surface area contributed by atoms with Crippen LogP contribution in [0.25, 0.3) is 0 Å². The van der Waals surface area contributed by atoms with E-state index in [0.717, 1.165) is 12.1 Å². The predicted octanol–water partition coefficient (Wildman–Crippen LogP) is 3.54. The Hall–Kier alpha value is -2.81. The largest absolute Gasteiger partial charge is 0.493 e. The van der Waals surface area contributed by atoms with Crippen molar-refractivity contribution in [2.75, 3.05) is 13.7 Å². The highest BCUT2D eigenvalue weighted by Crippen LogP contribution is 2.29. The summed E-state index contributed by atoms with van der Waals surface area (Å²) in [6, 6.07) is 7.05. The fraction of sp³-hybridized carbons (Fsp3) is 0.316. The number of hydrogen-bond donors (Lipinski definition) is 2. The zero-order valence-electron chi connectivity index (χ0n) is 15.3. The van der Waals surface area contributed by atoms with Crippen molar-refractivity contribution in [3.8, 4) is 11.5 Å². The highest BCUT2D eigenvalue weighted by Gasteiger charge is 2.14. The Morgan fingerprint density at radius 3 is 2.50 bits per heavy atom. The van der Waals surface area contributed by atoms with E-state index >= 15 is 0 Å². The van der Waals surface area contributed by atoms with Crippen LogP contribution in [0.3, 0.4) is 0 Å². The summed E-state index contributed by atoms with van der Waals surface area (Å²) in [5.41, 5.74) is 0.859. The topological polar surface area (TPSA) is 59.6 Å². The van der Waals surface area contributed by atoms with Crippen LogP contribution in [0.5, 0.6) is 11.5 Å². The van der Waals surface area contributed by atoms with E-state index in [-0.39, 0.29) is 36.1 Å². The average molecular weight is 400 g/mol. The van der Waals surface area contributed by atoms with Crippen LogP contribution in [0.1, 0.15) is 24.1 Å². The van der Waals surface area contributed by atoms with E-state index in [4.69, 9.17) is 4.74 Å². The van der Waals surface area contributed by atoms with E-state index in [0.29, 0.717) is 5.56 Å². The molecule has 0 aliphatic carbocycles. The molecule has 1 amide bonds. The second-order valence-corrected chi connectivity index (χ2v) is 5.91. The van der Waals surface area contributed by atoms with Crippen molar-refractivity contribution < 1.29 is 31.8 Å². The Morgan fingerprint density at radius 1 is 1.11 bits per heavy atom. The molecule has 0 fully saturated rings. The molecular weight excluding hydrogens is 380 g/mol. The molecule has 0 radical (unpaired) electrons. The summed E-state index contributed by atoms with van der Waals surface area (Å²) < 4.78 is 60.7. The normalized spacial score (nSPS) is 12.0. The van der Waals surface area contributed by atoms with E-state index in [1.54, 1.807) is 6.92 Å². The molecule has 0 spiro atoms. The van der Waals surface area contributed by atoms with Gasteiger partial charge >= 0.3 is 6.61 Å². The van der Waals surface area contributed by atoms with Crippen molar-refractivity contribution in [3.63, 3.8) is 0 Å². The SMILES string of the molecule is COc1cc(CNC(=O)CN[C@H](C)c2ccc(F)cc2F)ccc1OC(F)F. The van der Waals surface area contributed by atoms with Gasteiger partial charge in [-0.3, -0.25) is 4.79 Å². The molecule has 0 saturated heterocycles. The summed E-state index contributed by atoms with van der Waals surface area (Å²) in [7, 11) is 1.32. The van der Waals surface area contributed by atoms with Crippen molar-refractivity contribution in [3.05, 3.63) is 59.2 Å². The molecule has 0 bridgehead atoms. The Kier molecular flexibility index (Phi) is 7.62. The number of carbonyl (C=O) groups excluding carboxylic acids is 1. The molecule has 0 unspecified atom stereocenters. The molecular formula is C19H20F4N2O3. The first-order valence-corrected chi connectivity index (χ1v) is 8.37. The molecule has 1 atom stereocenters. The molecule has 0 aromatic heterocycles. The van der Waals surface area contributed by atoms with Gasteiger partial charge in [0.2, 0.25) is 5.91 Å². The highest BCUT2D eigenvalue weighted by atomic mass is 19.3. The molecule has 0 heterocycles. The zero-order chi connectivity index (χ0) is 20.7. The van der Waals surface area contributed by atoms with Gasteiger partial charge in [0, 0.05) is 24.2 Å². The van der Waals surface area contributed by atoms with Crippen LogP contribution in [0.15, 0.2) is 36.4 Å². The lowest BCUT2D eigenvalue weighted by Gasteiger charge is -2.15. The number of alkyl halides is 2. The molecule has 28 heavy (non-hydrogen) atoms. The Bertz CT molecular complexity index is 818. The summed E-state index contributed by atoms with van der Waals surface area (Å²) in [5, 5.41) is 5.49. The average Bonchev–Trinajstić information content (AvgIpc) is 2.64. The third-order valence-corrected chi connectivity index (χ3v) is 3.93. The van der Waals surface area contributed by atoms with Gasteiger partial charge in [0.25, 0.3) is 0 Å². The van der Waals surface area contributed by atoms with E-state index in [2.05, 4.69) is 15.4 Å². The van der Waals surface area contributed by atoms with Crippen LogP contribution in [-0.2, 0) is 11.3 Å². The monoisotopic (exact) mass is 400 g/mol. The smallest absolute Gasteiger partial charge is 0.387 e. The number of ether oxygens (including phenoxy) is 2. The van der Waals surface area contributed by atoms with E-state index < -0.39 is 24.3 Å². The molecule has 9 heteroatoms. The maximum atomic E-state index is 13.7. The van der Waals surface area contributed by atoms with Gasteiger partial charge in [0.05, 0.1) is 13.7 Å². The fourth-order valence-corrected chi connectivity index (χ4v) is 2.49. The van der Waals surface area contributed by atoms with Gasteiger partial charge in [-0.1, -0.05) is 12.1 Å². The van der Waals surface area contributed by atoms with Crippen LogP contribution in [0.2, 0.25) is 0 Å². The lowest BCUT2D eigenvalue weighted by atomic mass is 10.1. The van der Waals surface area contributed by atoms with Gasteiger partial charge in [-0.05, 0) is 30.7 Å². The van der Waals surface area contributed by atoms with E-state index in [9.17, 15) is 22.4 Å². The number of methoxy groups -OCH3 is 1. The fourth-order valence-electron chi connectivity index (χ4n) is 2.49. The first kappa shape index (κ1) is 21.5. The number of nitrogens with one attached hydrogen (secondary N) is 2. The second kappa shape index (κ2) is 9.93. The summed E-state index contributed by atoms with van der Waals surface area (Å²) in [4.78, 5) is 12.0. The van der Waals surface area contributed by atoms with Gasteiger partial charge in [0.1, 0.15) is 11.6 Å². The predicted molar refractivity (Wildman–Crippen MR) is 94.2 cm³/mol. The summed E-state index contributed by atoms with van der Waals surface area (Å²) in [6.07, 6.45) is 0. The Morgan fingerprint density at radius 2 is 1.86 bits per heavy atom. The minimum absolute atomic E-state index is 0.0955. The van der Waals surface area contributed by atoms with Crippen molar-refractivity contribution in [2.24, 2.45) is 0 Å². The number of halogens is 4. The lowest BCUT2D eigenvalue weighted by Crippen LogP contribution is -2.34. The van der Waals surface area contributed by atoms with Crippen LogP contribution in [0, 0.1) is 11.6 Å². The first-order valence-electron chi connectivity index (χ1n) is 8.37. The van der Waals surface area contributed by atoms with Gasteiger partial charge in [-0.25, -0.2) is 8.78 Å². The Balaban J connectivity index is 1.86. The Labute approximate surface area is 159 Å². The minimum atomic E-state index is -2.97. The minimum Gasteiger partial charge on any atom is -0.493 e.